The van der Waals surface area contributed by atoms with E-state index in [0.29, 0.717) is 21.8 Å². The van der Waals surface area contributed by atoms with Crippen molar-refractivity contribution in [3.05, 3.63) is 71.4 Å². The zero-order chi connectivity index (χ0) is 28.5. The lowest BCUT2D eigenvalue weighted by atomic mass is 10.0. The van der Waals surface area contributed by atoms with Gasteiger partial charge in [0.25, 0.3) is 0 Å². The fourth-order valence-corrected chi connectivity index (χ4v) is 5.27. The van der Waals surface area contributed by atoms with Gasteiger partial charge in [-0.2, -0.15) is 0 Å². The lowest BCUT2D eigenvalue weighted by Gasteiger charge is -2.39. The molecule has 0 saturated carbocycles. The summed E-state index contributed by atoms with van der Waals surface area (Å²) in [6, 6.07) is 6.49. The average Bonchev–Trinajstić information content (AvgIpc) is 2.81. The molecule has 0 aliphatic carbocycles. The summed E-state index contributed by atoms with van der Waals surface area (Å²) in [5, 5.41) is 0.0684. The zero-order valence-corrected chi connectivity index (χ0v) is 23.0. The minimum atomic E-state index is -1.61. The lowest BCUT2D eigenvalue weighted by Crippen LogP contribution is -2.45. The van der Waals surface area contributed by atoms with Gasteiger partial charge in [0.15, 0.2) is 23.2 Å². The summed E-state index contributed by atoms with van der Waals surface area (Å²) in [6.07, 6.45) is 4.26. The van der Waals surface area contributed by atoms with Gasteiger partial charge in [-0.05, 0) is 65.0 Å². The van der Waals surface area contributed by atoms with Gasteiger partial charge in [-0.15, -0.1) is 0 Å². The molecule has 1 aromatic heterocycles. The average molecular weight is 564 g/mol. The molecule has 2 heterocycles. The van der Waals surface area contributed by atoms with E-state index < -0.39 is 46.9 Å². The van der Waals surface area contributed by atoms with Crippen LogP contribution in [0.2, 0.25) is 0 Å². The van der Waals surface area contributed by atoms with Crippen molar-refractivity contribution < 1.29 is 36.6 Å². The van der Waals surface area contributed by atoms with Crippen LogP contribution in [0.25, 0.3) is 17.0 Å². The van der Waals surface area contributed by atoms with E-state index in [2.05, 4.69) is 4.98 Å². The molecule has 0 radical (unpaired) electrons. The number of benzene rings is 2. The van der Waals surface area contributed by atoms with Crippen LogP contribution < -0.4 is 0 Å². The van der Waals surface area contributed by atoms with Gasteiger partial charge in [-0.1, -0.05) is 23.9 Å². The maximum absolute atomic E-state index is 14.5. The summed E-state index contributed by atoms with van der Waals surface area (Å²) in [5.74, 6) is -6.15. The lowest BCUT2D eigenvalue weighted by molar-refractivity contribution is -0.290. The summed E-state index contributed by atoms with van der Waals surface area (Å²) in [5.41, 5.74) is -0.462. The highest BCUT2D eigenvalue weighted by Gasteiger charge is 2.36. The number of fused-ring (bicyclic) bond motifs is 1. The molecule has 5 nitrogen and oxygen atoms in total. The highest BCUT2D eigenvalue weighted by molar-refractivity contribution is 7.99. The van der Waals surface area contributed by atoms with Gasteiger partial charge in [0, 0.05) is 33.4 Å². The van der Waals surface area contributed by atoms with E-state index in [-0.39, 0.29) is 23.3 Å². The Labute approximate surface area is 228 Å². The van der Waals surface area contributed by atoms with Gasteiger partial charge < -0.3 is 14.2 Å². The molecular formula is C29H29F4NO4S. The molecule has 0 spiro atoms. The van der Waals surface area contributed by atoms with Crippen molar-refractivity contribution in [3.63, 3.8) is 0 Å². The van der Waals surface area contributed by atoms with Crippen LogP contribution in [0.1, 0.15) is 53.0 Å². The maximum Gasteiger partial charge on any atom is 0.308 e. The number of nitrogens with zero attached hydrogens (tertiary/aromatic N) is 1. The summed E-state index contributed by atoms with van der Waals surface area (Å²) >= 11 is 1.14. The molecule has 39 heavy (non-hydrogen) atoms. The Morgan fingerprint density at radius 3 is 2.49 bits per heavy atom. The molecule has 0 amide bonds. The standard InChI is InChI=1S/C29H29F4NO4S/c1-28(2,3)38-23(35)13-19-12-18(36-29(4,5)37-19)9-6-16-15-34-26-21(14-22(31)24(32)25(26)33)27(16)39-20-10-7-17(30)8-11-20/h6-11,14-15,18-19H,12-13H2,1-5H3/b9-6+/t18-,19-/m1/s1. The van der Waals surface area contributed by atoms with E-state index in [1.165, 1.54) is 30.5 Å². The fourth-order valence-electron chi connectivity index (χ4n) is 4.26. The monoisotopic (exact) mass is 563 g/mol. The van der Waals surface area contributed by atoms with Crippen LogP contribution in [0.15, 0.2) is 52.4 Å². The molecule has 4 rings (SSSR count). The van der Waals surface area contributed by atoms with Crippen molar-refractivity contribution in [2.24, 2.45) is 0 Å². The first kappa shape index (κ1) is 29.0. The number of ether oxygens (including phenoxy) is 3. The van der Waals surface area contributed by atoms with Crippen molar-refractivity contribution in [1.29, 1.82) is 0 Å². The van der Waals surface area contributed by atoms with Crippen molar-refractivity contribution in [2.45, 2.75) is 80.8 Å². The minimum Gasteiger partial charge on any atom is -0.460 e. The topological polar surface area (TPSA) is 57.7 Å². The molecule has 2 aromatic carbocycles. The number of carbonyl (C=O) groups is 1. The second-order valence-corrected chi connectivity index (χ2v) is 11.7. The van der Waals surface area contributed by atoms with Gasteiger partial charge in [0.1, 0.15) is 16.9 Å². The first-order valence-electron chi connectivity index (χ1n) is 12.4. The first-order valence-corrected chi connectivity index (χ1v) is 13.2. The summed E-state index contributed by atoms with van der Waals surface area (Å²) in [6.45, 7) is 8.84. The Balaban J connectivity index is 1.66. The van der Waals surface area contributed by atoms with Crippen LogP contribution in [0.3, 0.4) is 0 Å². The van der Waals surface area contributed by atoms with Crippen LogP contribution in [0.4, 0.5) is 17.6 Å². The smallest absolute Gasteiger partial charge is 0.308 e. The first-order chi connectivity index (χ1) is 18.2. The van der Waals surface area contributed by atoms with Crippen LogP contribution in [-0.2, 0) is 19.0 Å². The van der Waals surface area contributed by atoms with E-state index >= 15 is 0 Å². The second kappa shape index (κ2) is 11.3. The SMILES string of the molecule is CC(C)(C)OC(=O)C[C@H]1C[C@@H](/C=C/c2cnc3c(F)c(F)c(F)cc3c2Sc2ccc(F)cc2)OC(C)(C)O1. The van der Waals surface area contributed by atoms with E-state index in [0.717, 1.165) is 17.8 Å². The molecule has 208 valence electrons. The van der Waals surface area contributed by atoms with E-state index in [9.17, 15) is 22.4 Å². The number of aromatic nitrogens is 1. The summed E-state index contributed by atoms with van der Waals surface area (Å²) in [4.78, 5) is 17.4. The Kier molecular flexibility index (Phi) is 8.39. The molecule has 0 bridgehead atoms. The maximum atomic E-state index is 14.5. The Morgan fingerprint density at radius 2 is 1.82 bits per heavy atom. The third kappa shape index (κ3) is 7.38. The normalized spacial score (nSPS) is 19.5. The molecular weight excluding hydrogens is 534 g/mol. The Hall–Kier alpha value is -2.95. The molecule has 0 unspecified atom stereocenters. The Morgan fingerprint density at radius 1 is 1.13 bits per heavy atom. The number of pyridine rings is 1. The molecule has 1 aliphatic rings. The predicted octanol–water partition coefficient (Wildman–Crippen LogP) is 7.60. The van der Waals surface area contributed by atoms with Gasteiger partial charge in [-0.25, -0.2) is 17.6 Å². The van der Waals surface area contributed by atoms with Crippen LogP contribution >= 0.6 is 11.8 Å². The third-order valence-corrected chi connectivity index (χ3v) is 6.86. The fraction of sp³-hybridized carbons (Fsp3) is 0.379. The Bertz CT molecular complexity index is 1400. The number of hydrogen-bond donors (Lipinski definition) is 0. The number of esters is 1. The van der Waals surface area contributed by atoms with Crippen molar-refractivity contribution in [1.82, 2.24) is 4.98 Å². The third-order valence-electron chi connectivity index (χ3n) is 5.70. The predicted molar refractivity (Wildman–Crippen MR) is 140 cm³/mol. The van der Waals surface area contributed by atoms with Crippen molar-refractivity contribution in [2.75, 3.05) is 0 Å². The van der Waals surface area contributed by atoms with Crippen molar-refractivity contribution in [3.8, 4) is 0 Å². The van der Waals surface area contributed by atoms with Crippen LogP contribution in [0.5, 0.6) is 0 Å². The van der Waals surface area contributed by atoms with E-state index in [1.807, 2.05) is 0 Å². The largest absolute Gasteiger partial charge is 0.460 e. The highest BCUT2D eigenvalue weighted by Crippen LogP contribution is 2.38. The molecule has 3 aromatic rings. The summed E-state index contributed by atoms with van der Waals surface area (Å²) in [7, 11) is 0. The van der Waals surface area contributed by atoms with Gasteiger partial charge in [0.2, 0.25) is 0 Å². The van der Waals surface area contributed by atoms with Crippen LogP contribution in [0, 0.1) is 23.3 Å². The molecule has 10 heteroatoms. The molecule has 1 fully saturated rings. The van der Waals surface area contributed by atoms with Crippen molar-refractivity contribution >= 4 is 34.7 Å². The quantitative estimate of drug-likeness (QED) is 0.175. The number of carbonyl (C=O) groups excluding carboxylic acids is 1. The molecule has 1 saturated heterocycles. The van der Waals surface area contributed by atoms with Gasteiger partial charge in [0.05, 0.1) is 18.6 Å². The number of rotatable bonds is 6. The highest BCUT2D eigenvalue weighted by atomic mass is 32.2. The second-order valence-electron chi connectivity index (χ2n) is 10.7. The van der Waals surface area contributed by atoms with E-state index in [1.54, 1.807) is 46.8 Å². The molecule has 1 aliphatic heterocycles. The summed E-state index contributed by atoms with van der Waals surface area (Å²) < 4.78 is 73.5. The zero-order valence-electron chi connectivity index (χ0n) is 22.2. The van der Waals surface area contributed by atoms with E-state index in [4.69, 9.17) is 14.2 Å². The minimum absolute atomic E-state index is 0.0434. The number of hydrogen-bond acceptors (Lipinski definition) is 6. The van der Waals surface area contributed by atoms with Gasteiger partial charge in [-0.3, -0.25) is 9.78 Å². The molecule has 2 atom stereocenters. The van der Waals surface area contributed by atoms with Gasteiger partial charge >= 0.3 is 5.97 Å². The number of halogens is 4. The molecule has 0 N–H and O–H groups in total. The van der Waals surface area contributed by atoms with Crippen LogP contribution in [-0.4, -0.2) is 34.5 Å².